The Morgan fingerprint density at radius 3 is 2.77 bits per heavy atom. The Morgan fingerprint density at radius 1 is 1.23 bits per heavy atom. The van der Waals surface area contributed by atoms with E-state index in [1.165, 1.54) is 0 Å². The fourth-order valence-electron chi connectivity index (χ4n) is 2.68. The van der Waals surface area contributed by atoms with Crippen molar-refractivity contribution in [3.63, 3.8) is 0 Å². The molecule has 5 nitrogen and oxygen atoms in total. The van der Waals surface area contributed by atoms with Crippen molar-refractivity contribution in [1.29, 1.82) is 0 Å². The Hall–Kier alpha value is -1.88. The summed E-state index contributed by atoms with van der Waals surface area (Å²) in [5.74, 6) is 0.0678. The fourth-order valence-corrected chi connectivity index (χ4v) is 2.68. The van der Waals surface area contributed by atoms with E-state index in [-0.39, 0.29) is 11.8 Å². The standard InChI is InChI=1S/C17H25N3O2/c18-16(14-8-3-1-4-9-14)17(22)19-11-7-13-20-12-6-2-5-10-15(20)21/h1,3-4,8-9,16H,2,5-7,10-13,18H2,(H,19,22). The van der Waals surface area contributed by atoms with Gasteiger partial charge in [-0.05, 0) is 24.8 Å². The van der Waals surface area contributed by atoms with Gasteiger partial charge in [0.15, 0.2) is 0 Å². The van der Waals surface area contributed by atoms with Gasteiger partial charge in [0.25, 0.3) is 0 Å². The lowest BCUT2D eigenvalue weighted by Gasteiger charge is -2.20. The Labute approximate surface area is 131 Å². The second kappa shape index (κ2) is 8.54. The molecule has 0 aromatic heterocycles. The van der Waals surface area contributed by atoms with E-state index in [0.29, 0.717) is 19.5 Å². The third-order valence-corrected chi connectivity index (χ3v) is 4.02. The summed E-state index contributed by atoms with van der Waals surface area (Å²) in [6.45, 7) is 2.10. The zero-order valence-corrected chi connectivity index (χ0v) is 13.0. The number of nitrogens with zero attached hydrogens (tertiary/aromatic N) is 1. The first-order valence-corrected chi connectivity index (χ1v) is 8.04. The molecule has 22 heavy (non-hydrogen) atoms. The van der Waals surface area contributed by atoms with Crippen LogP contribution in [0.25, 0.3) is 0 Å². The molecule has 0 spiro atoms. The van der Waals surface area contributed by atoms with Crippen molar-refractivity contribution in [2.75, 3.05) is 19.6 Å². The number of benzene rings is 1. The molecule has 1 fully saturated rings. The van der Waals surface area contributed by atoms with Crippen molar-refractivity contribution in [3.05, 3.63) is 35.9 Å². The number of rotatable bonds is 6. The van der Waals surface area contributed by atoms with Crippen LogP contribution in [-0.2, 0) is 9.59 Å². The van der Waals surface area contributed by atoms with Crippen LogP contribution >= 0.6 is 0 Å². The van der Waals surface area contributed by atoms with Gasteiger partial charge in [0.05, 0.1) is 0 Å². The highest BCUT2D eigenvalue weighted by atomic mass is 16.2. The van der Waals surface area contributed by atoms with Crippen molar-refractivity contribution in [2.45, 2.75) is 38.1 Å². The molecule has 1 atom stereocenters. The number of likely N-dealkylation sites (tertiary alicyclic amines) is 1. The summed E-state index contributed by atoms with van der Waals surface area (Å²) in [6, 6.07) is 8.69. The first-order chi connectivity index (χ1) is 10.7. The van der Waals surface area contributed by atoms with Gasteiger partial charge in [-0.1, -0.05) is 36.8 Å². The smallest absolute Gasteiger partial charge is 0.241 e. The first-order valence-electron chi connectivity index (χ1n) is 8.04. The third kappa shape index (κ3) is 4.84. The Morgan fingerprint density at radius 2 is 2.00 bits per heavy atom. The van der Waals surface area contributed by atoms with Gasteiger partial charge >= 0.3 is 0 Å². The number of carbonyl (C=O) groups is 2. The van der Waals surface area contributed by atoms with Crippen LogP contribution in [0.3, 0.4) is 0 Å². The molecule has 1 unspecified atom stereocenters. The number of nitrogens with one attached hydrogen (secondary N) is 1. The molecule has 1 saturated heterocycles. The lowest BCUT2D eigenvalue weighted by molar-refractivity contribution is -0.130. The molecule has 120 valence electrons. The van der Waals surface area contributed by atoms with Gasteiger partial charge in [0, 0.05) is 26.1 Å². The van der Waals surface area contributed by atoms with Crippen LogP contribution in [0.4, 0.5) is 0 Å². The molecule has 0 saturated carbocycles. The average molecular weight is 303 g/mol. The number of amides is 2. The fraction of sp³-hybridized carbons (Fsp3) is 0.529. The lowest BCUT2D eigenvalue weighted by Crippen LogP contribution is -2.37. The highest BCUT2D eigenvalue weighted by Gasteiger charge is 2.17. The molecule has 0 radical (unpaired) electrons. The van der Waals surface area contributed by atoms with Crippen LogP contribution in [0, 0.1) is 0 Å². The van der Waals surface area contributed by atoms with Crippen molar-refractivity contribution >= 4 is 11.8 Å². The van der Waals surface area contributed by atoms with Crippen LogP contribution in [-0.4, -0.2) is 36.3 Å². The van der Waals surface area contributed by atoms with Crippen LogP contribution in [0.1, 0.15) is 43.7 Å². The minimum atomic E-state index is -0.638. The van der Waals surface area contributed by atoms with Gasteiger partial charge in [-0.2, -0.15) is 0 Å². The molecule has 1 aliphatic rings. The van der Waals surface area contributed by atoms with E-state index in [9.17, 15) is 9.59 Å². The summed E-state index contributed by atoms with van der Waals surface area (Å²) in [6.07, 6.45) is 4.63. The van der Waals surface area contributed by atoms with E-state index < -0.39 is 6.04 Å². The second-order valence-corrected chi connectivity index (χ2v) is 5.72. The monoisotopic (exact) mass is 303 g/mol. The normalized spacial score (nSPS) is 17.0. The highest BCUT2D eigenvalue weighted by molar-refractivity contribution is 5.82. The minimum Gasteiger partial charge on any atom is -0.354 e. The second-order valence-electron chi connectivity index (χ2n) is 5.72. The summed E-state index contributed by atoms with van der Waals surface area (Å²) in [5, 5.41) is 2.85. The van der Waals surface area contributed by atoms with Gasteiger partial charge in [0.1, 0.15) is 6.04 Å². The molecule has 3 N–H and O–H groups in total. The number of hydrogen-bond donors (Lipinski definition) is 2. The maximum atomic E-state index is 12.0. The molecular weight excluding hydrogens is 278 g/mol. The molecule has 0 aliphatic carbocycles. The van der Waals surface area contributed by atoms with Gasteiger partial charge in [-0.15, -0.1) is 0 Å². The molecular formula is C17H25N3O2. The zero-order valence-electron chi connectivity index (χ0n) is 13.0. The summed E-state index contributed by atoms with van der Waals surface area (Å²) >= 11 is 0. The van der Waals surface area contributed by atoms with Crippen molar-refractivity contribution in [3.8, 4) is 0 Å². The lowest BCUT2D eigenvalue weighted by atomic mass is 10.1. The quantitative estimate of drug-likeness (QED) is 0.784. The largest absolute Gasteiger partial charge is 0.354 e. The summed E-state index contributed by atoms with van der Waals surface area (Å²) in [5.41, 5.74) is 6.74. The molecule has 1 heterocycles. The van der Waals surface area contributed by atoms with E-state index >= 15 is 0 Å². The van der Waals surface area contributed by atoms with E-state index in [1.807, 2.05) is 35.2 Å². The molecule has 1 aromatic carbocycles. The van der Waals surface area contributed by atoms with E-state index in [4.69, 9.17) is 5.73 Å². The third-order valence-electron chi connectivity index (χ3n) is 4.02. The van der Waals surface area contributed by atoms with E-state index in [1.54, 1.807) is 0 Å². The van der Waals surface area contributed by atoms with Gasteiger partial charge < -0.3 is 16.0 Å². The molecule has 1 aromatic rings. The predicted octanol–water partition coefficient (Wildman–Crippen LogP) is 1.60. The van der Waals surface area contributed by atoms with E-state index in [2.05, 4.69) is 5.32 Å². The molecule has 2 amide bonds. The predicted molar refractivity (Wildman–Crippen MR) is 86.0 cm³/mol. The Balaban J connectivity index is 1.69. The van der Waals surface area contributed by atoms with Crippen molar-refractivity contribution < 1.29 is 9.59 Å². The van der Waals surface area contributed by atoms with Crippen LogP contribution < -0.4 is 11.1 Å². The van der Waals surface area contributed by atoms with Gasteiger partial charge in [-0.25, -0.2) is 0 Å². The number of nitrogens with two attached hydrogens (primary N) is 1. The molecule has 2 rings (SSSR count). The van der Waals surface area contributed by atoms with Crippen LogP contribution in [0.2, 0.25) is 0 Å². The van der Waals surface area contributed by atoms with Gasteiger partial charge in [0.2, 0.25) is 11.8 Å². The topological polar surface area (TPSA) is 75.4 Å². The summed E-state index contributed by atoms with van der Waals surface area (Å²) in [7, 11) is 0. The summed E-state index contributed by atoms with van der Waals surface area (Å²) in [4.78, 5) is 25.8. The number of hydrogen-bond acceptors (Lipinski definition) is 3. The minimum absolute atomic E-state index is 0.173. The van der Waals surface area contributed by atoms with Crippen LogP contribution in [0.5, 0.6) is 0 Å². The maximum Gasteiger partial charge on any atom is 0.241 e. The van der Waals surface area contributed by atoms with Crippen molar-refractivity contribution in [2.24, 2.45) is 5.73 Å². The van der Waals surface area contributed by atoms with E-state index in [0.717, 1.165) is 37.8 Å². The Kier molecular flexibility index (Phi) is 6.40. The van der Waals surface area contributed by atoms with Gasteiger partial charge in [-0.3, -0.25) is 9.59 Å². The highest BCUT2D eigenvalue weighted by Crippen LogP contribution is 2.11. The Bertz CT molecular complexity index is 490. The average Bonchev–Trinajstić information content (AvgIpc) is 2.76. The number of carbonyl (C=O) groups excluding carboxylic acids is 2. The maximum absolute atomic E-state index is 12.0. The molecule has 0 bridgehead atoms. The molecule has 5 heteroatoms. The zero-order chi connectivity index (χ0) is 15.8. The molecule has 1 aliphatic heterocycles. The van der Waals surface area contributed by atoms with Crippen molar-refractivity contribution in [1.82, 2.24) is 10.2 Å². The van der Waals surface area contributed by atoms with Crippen LogP contribution in [0.15, 0.2) is 30.3 Å². The SMILES string of the molecule is NC(C(=O)NCCCN1CCCCCC1=O)c1ccccc1. The summed E-state index contributed by atoms with van der Waals surface area (Å²) < 4.78 is 0. The first kappa shape index (κ1) is 16.5.